The van der Waals surface area contributed by atoms with Crippen molar-refractivity contribution >= 4 is 52.2 Å². The second kappa shape index (κ2) is 9.67. The molecule has 7 atom stereocenters. The number of benzene rings is 2. The molecule has 0 spiro atoms. The number of nitrogens with zero attached hydrogens (tertiary/aromatic N) is 1. The van der Waals surface area contributed by atoms with Crippen LogP contribution in [0.2, 0.25) is 5.02 Å². The van der Waals surface area contributed by atoms with Crippen molar-refractivity contribution < 1.29 is 19.1 Å². The monoisotopic (exact) mass is 596 g/mol. The number of carbonyl (C=O) groups is 2. The number of H-pyrrole nitrogens is 1. The van der Waals surface area contributed by atoms with Crippen LogP contribution in [0.3, 0.4) is 0 Å². The van der Waals surface area contributed by atoms with E-state index in [2.05, 4.69) is 24.9 Å². The van der Waals surface area contributed by atoms with Gasteiger partial charge in [0.25, 0.3) is 0 Å². The molecule has 3 aromatic rings. The van der Waals surface area contributed by atoms with Crippen molar-refractivity contribution in [3.8, 4) is 11.5 Å². The maximum atomic E-state index is 13.9. The maximum Gasteiger partial charge on any atom is 0.305 e. The Morgan fingerprint density at radius 2 is 1.75 bits per heavy atom. The molecule has 0 radical (unpaired) electrons. The first-order valence-corrected chi connectivity index (χ1v) is 15.7. The van der Waals surface area contributed by atoms with Gasteiger partial charge in [-0.2, -0.15) is 0 Å². The smallest absolute Gasteiger partial charge is 0.305 e. The molecule has 2 aliphatic heterocycles. The summed E-state index contributed by atoms with van der Waals surface area (Å²) in [6, 6.07) is 12.9. The van der Waals surface area contributed by atoms with E-state index in [1.165, 1.54) is 16.2 Å². The van der Waals surface area contributed by atoms with Crippen molar-refractivity contribution in [3.05, 3.63) is 67.6 Å². The lowest BCUT2D eigenvalue weighted by Crippen LogP contribution is -2.42. The molecule has 40 heavy (non-hydrogen) atoms. The highest BCUT2D eigenvalue weighted by Gasteiger charge is 2.69. The molecule has 2 aromatic carbocycles. The van der Waals surface area contributed by atoms with E-state index < -0.39 is 0 Å². The summed E-state index contributed by atoms with van der Waals surface area (Å²) in [4.78, 5) is 45.6. The normalized spacial score (nSPS) is 30.0. The number of hydrogen-bond acceptors (Lipinski definition) is 7. The van der Waals surface area contributed by atoms with E-state index in [-0.39, 0.29) is 57.4 Å². The minimum atomic E-state index is -0.356. The number of thiazole rings is 1. The largest absolute Gasteiger partial charge is 0.493 e. The molecule has 1 aromatic heterocycles. The van der Waals surface area contributed by atoms with Crippen LogP contribution in [-0.2, 0) is 9.59 Å². The highest BCUT2D eigenvalue weighted by Crippen LogP contribution is 2.68. The van der Waals surface area contributed by atoms with Crippen LogP contribution in [0.15, 0.2) is 52.3 Å². The third kappa shape index (κ3) is 3.88. The quantitative estimate of drug-likeness (QED) is 0.361. The van der Waals surface area contributed by atoms with Crippen LogP contribution in [0.4, 0.5) is 5.69 Å². The lowest BCUT2D eigenvalue weighted by atomic mass is 9.68. The standard InChI is InChI=1S/C30H29ClN2O5S2/c1-13(2)12-38-19-9-4-14(10-20(19)37-3)21-22-17-11-18(25(22)39-27-26(21)40-30(36)32-27)24-23(17)28(34)33(29(24)35)16-7-5-15(31)6-8-16/h4-10,13,17-18,21-25H,11-12H2,1-3H3,(H,32,36)/t17?,18?,21-,22?,23?,24?,25?/m1/s1. The van der Waals surface area contributed by atoms with Crippen molar-refractivity contribution in [2.75, 3.05) is 18.6 Å². The Morgan fingerprint density at radius 1 is 1.02 bits per heavy atom. The number of hydrogen-bond donors (Lipinski definition) is 1. The highest BCUT2D eigenvalue weighted by molar-refractivity contribution is 8.00. The van der Waals surface area contributed by atoms with Gasteiger partial charge < -0.3 is 14.5 Å². The zero-order valence-electron chi connectivity index (χ0n) is 22.3. The van der Waals surface area contributed by atoms with Gasteiger partial charge in [0.05, 0.1) is 36.3 Å². The Kier molecular flexibility index (Phi) is 6.33. The van der Waals surface area contributed by atoms with E-state index in [9.17, 15) is 14.4 Å². The number of halogens is 1. The lowest BCUT2D eigenvalue weighted by Gasteiger charge is -2.43. The van der Waals surface area contributed by atoms with Crippen LogP contribution in [0.5, 0.6) is 11.5 Å². The SMILES string of the molecule is COc1cc([C@H]2c3sc(=O)[nH]c3SC3C4CC(C5C(=O)N(c6ccc(Cl)cc6)C(=O)C45)C32)ccc1OCC(C)C. The van der Waals surface area contributed by atoms with Gasteiger partial charge in [0, 0.05) is 21.1 Å². The van der Waals surface area contributed by atoms with Crippen molar-refractivity contribution in [3.63, 3.8) is 0 Å². The predicted octanol–water partition coefficient (Wildman–Crippen LogP) is 5.81. The summed E-state index contributed by atoms with van der Waals surface area (Å²) in [6.07, 6.45) is 0.839. The zero-order valence-corrected chi connectivity index (χ0v) is 24.6. The number of rotatable bonds is 6. The van der Waals surface area contributed by atoms with E-state index in [4.69, 9.17) is 21.1 Å². The van der Waals surface area contributed by atoms with Crippen LogP contribution in [-0.4, -0.2) is 35.8 Å². The summed E-state index contributed by atoms with van der Waals surface area (Å²) in [5.74, 6) is 0.932. The summed E-state index contributed by atoms with van der Waals surface area (Å²) < 4.78 is 11.7. The Morgan fingerprint density at radius 3 is 2.45 bits per heavy atom. The molecule has 208 valence electrons. The second-order valence-electron chi connectivity index (χ2n) is 11.6. The van der Waals surface area contributed by atoms with E-state index in [1.807, 2.05) is 12.1 Å². The number of carbonyl (C=O) groups excluding carboxylic acids is 2. The average Bonchev–Trinajstić information content (AvgIpc) is 3.67. The average molecular weight is 597 g/mol. The summed E-state index contributed by atoms with van der Waals surface area (Å²) in [5.41, 5.74) is 1.61. The van der Waals surface area contributed by atoms with Crippen LogP contribution in [0.25, 0.3) is 0 Å². The summed E-state index contributed by atoms with van der Waals surface area (Å²) in [7, 11) is 1.64. The molecule has 2 aliphatic carbocycles. The number of imide groups is 1. The molecular weight excluding hydrogens is 568 g/mol. The first-order valence-electron chi connectivity index (χ1n) is 13.6. The predicted molar refractivity (Wildman–Crippen MR) is 156 cm³/mol. The van der Waals surface area contributed by atoms with E-state index in [0.717, 1.165) is 21.9 Å². The molecular formula is C30H29ClN2O5S2. The van der Waals surface area contributed by atoms with Gasteiger partial charge in [-0.15, -0.1) is 11.8 Å². The third-order valence-electron chi connectivity index (χ3n) is 8.93. The van der Waals surface area contributed by atoms with E-state index in [0.29, 0.717) is 34.7 Å². The van der Waals surface area contributed by atoms with Gasteiger partial charge in [0.15, 0.2) is 11.5 Å². The molecule has 1 saturated heterocycles. The molecule has 7 rings (SSSR count). The first-order chi connectivity index (χ1) is 19.3. The van der Waals surface area contributed by atoms with Crippen molar-refractivity contribution in [2.45, 2.75) is 36.5 Å². The van der Waals surface area contributed by atoms with Gasteiger partial charge in [-0.25, -0.2) is 0 Å². The zero-order chi connectivity index (χ0) is 27.9. The molecule has 2 saturated carbocycles. The molecule has 1 N–H and O–H groups in total. The number of ether oxygens (including phenoxy) is 2. The number of amides is 2. The Labute approximate surface area is 245 Å². The van der Waals surface area contributed by atoms with Gasteiger partial charge in [-0.1, -0.05) is 42.9 Å². The summed E-state index contributed by atoms with van der Waals surface area (Å²) >= 11 is 9.01. The first kappa shape index (κ1) is 26.2. The Hall–Kier alpha value is -2.75. The number of aromatic nitrogens is 1. The van der Waals surface area contributed by atoms with E-state index >= 15 is 0 Å². The molecule has 3 fully saturated rings. The van der Waals surface area contributed by atoms with Gasteiger partial charge in [-0.3, -0.25) is 19.3 Å². The van der Waals surface area contributed by atoms with Crippen molar-refractivity contribution in [2.24, 2.45) is 35.5 Å². The fourth-order valence-electron chi connectivity index (χ4n) is 7.49. The minimum Gasteiger partial charge on any atom is -0.493 e. The van der Waals surface area contributed by atoms with Crippen molar-refractivity contribution in [1.29, 1.82) is 0 Å². The molecule has 3 heterocycles. The summed E-state index contributed by atoms with van der Waals surface area (Å²) in [5, 5.41) is 1.57. The molecule has 2 amide bonds. The minimum absolute atomic E-state index is 0.0412. The third-order valence-corrected chi connectivity index (χ3v) is 11.8. The number of methoxy groups -OCH3 is 1. The Bertz CT molecular complexity index is 1570. The number of anilines is 1. The molecule has 10 heteroatoms. The van der Waals surface area contributed by atoms with Gasteiger partial charge >= 0.3 is 4.87 Å². The van der Waals surface area contributed by atoms with Crippen LogP contribution < -0.4 is 19.2 Å². The summed E-state index contributed by atoms with van der Waals surface area (Å²) in [6.45, 7) is 4.78. The van der Waals surface area contributed by atoms with E-state index in [1.54, 1.807) is 43.1 Å². The fraction of sp³-hybridized carbons (Fsp3) is 0.433. The van der Waals surface area contributed by atoms with Crippen LogP contribution in [0.1, 0.15) is 36.6 Å². The van der Waals surface area contributed by atoms with Gasteiger partial charge in [0.2, 0.25) is 11.8 Å². The molecule has 4 aliphatic rings. The molecule has 6 unspecified atom stereocenters. The number of fused-ring (bicyclic) bond motifs is 9. The number of nitrogens with one attached hydrogen (secondary N) is 1. The van der Waals surface area contributed by atoms with Crippen LogP contribution >= 0.6 is 34.7 Å². The van der Waals surface area contributed by atoms with Gasteiger partial charge in [-0.05, 0) is 72.1 Å². The fourth-order valence-corrected chi connectivity index (χ4v) is 10.5. The van der Waals surface area contributed by atoms with Crippen molar-refractivity contribution in [1.82, 2.24) is 4.98 Å². The second-order valence-corrected chi connectivity index (χ2v) is 14.2. The highest BCUT2D eigenvalue weighted by atomic mass is 35.5. The Balaban J connectivity index is 1.28. The van der Waals surface area contributed by atoms with Crippen LogP contribution in [0, 0.1) is 35.5 Å². The van der Waals surface area contributed by atoms with Gasteiger partial charge in [0.1, 0.15) is 0 Å². The number of aromatic amines is 1. The maximum absolute atomic E-state index is 13.9. The number of thioether (sulfide) groups is 1. The molecule has 2 bridgehead atoms. The lowest BCUT2D eigenvalue weighted by molar-refractivity contribution is -0.123. The topological polar surface area (TPSA) is 88.7 Å². The molecule has 7 nitrogen and oxygen atoms in total.